The lowest BCUT2D eigenvalue weighted by atomic mass is 9.94. The quantitative estimate of drug-likeness (QED) is 0.638. The fourth-order valence-electron chi connectivity index (χ4n) is 1.47. The molecule has 0 saturated carbocycles. The van der Waals surface area contributed by atoms with E-state index in [0.717, 1.165) is 0 Å². The molecule has 0 rings (SSSR count). The molecule has 0 aromatic heterocycles. The van der Waals surface area contributed by atoms with Gasteiger partial charge in [-0.1, -0.05) is 13.8 Å². The highest BCUT2D eigenvalue weighted by Gasteiger charge is 2.32. The van der Waals surface area contributed by atoms with Crippen LogP contribution < -0.4 is 0 Å². The van der Waals surface area contributed by atoms with Crippen molar-refractivity contribution >= 4 is 0 Å². The van der Waals surface area contributed by atoms with Crippen LogP contribution in [-0.4, -0.2) is 34.5 Å². The van der Waals surface area contributed by atoms with Gasteiger partial charge in [-0.05, 0) is 12.8 Å². The Morgan fingerprint density at radius 3 is 1.39 bits per heavy atom. The maximum atomic E-state index is 9.13. The summed E-state index contributed by atoms with van der Waals surface area (Å²) in [5.74, 6) is 0. The van der Waals surface area contributed by atoms with Crippen LogP contribution in [-0.2, 0) is 0 Å². The van der Waals surface area contributed by atoms with Crippen molar-refractivity contribution in [2.24, 2.45) is 10.2 Å². The Morgan fingerprint density at radius 1 is 0.889 bits per heavy atom. The molecule has 0 amide bonds. The average Bonchev–Trinajstić information content (AvgIpc) is 2.42. The summed E-state index contributed by atoms with van der Waals surface area (Å²) in [6.07, 6.45) is 1.21. The molecule has 2 atom stereocenters. The Kier molecular flexibility index (Phi) is 7.11. The lowest BCUT2D eigenvalue weighted by Gasteiger charge is -2.22. The van der Waals surface area contributed by atoms with Gasteiger partial charge in [0.1, 0.15) is 0 Å². The van der Waals surface area contributed by atoms with E-state index in [9.17, 15) is 0 Å². The van der Waals surface area contributed by atoms with E-state index in [-0.39, 0.29) is 26.1 Å². The van der Waals surface area contributed by atoms with Crippen LogP contribution in [0.1, 0.15) is 39.5 Å². The van der Waals surface area contributed by atoms with Crippen LogP contribution in [0.2, 0.25) is 0 Å². The maximum Gasteiger partial charge on any atom is 0.169 e. The standard InChI is InChI=1S/C12H20N4O2/c1-3-11(9-13,5-7-17)15-16-12(4-2,10-14)6-8-18/h17-18H,3-8H2,1-2H3. The number of hydrogen-bond acceptors (Lipinski definition) is 6. The molecule has 100 valence electrons. The molecule has 0 radical (unpaired) electrons. The molecule has 0 aromatic rings. The lowest BCUT2D eigenvalue weighted by Crippen LogP contribution is -2.29. The second-order valence-corrected chi connectivity index (χ2v) is 4.14. The minimum Gasteiger partial charge on any atom is -0.396 e. The summed E-state index contributed by atoms with van der Waals surface area (Å²) in [7, 11) is 0. The highest BCUT2D eigenvalue weighted by molar-refractivity contribution is 5.09. The highest BCUT2D eigenvalue weighted by Crippen LogP contribution is 2.26. The molecule has 6 heteroatoms. The molecule has 0 fully saturated rings. The van der Waals surface area contributed by atoms with Gasteiger partial charge in [0.2, 0.25) is 0 Å². The topological polar surface area (TPSA) is 113 Å². The fourth-order valence-corrected chi connectivity index (χ4v) is 1.47. The zero-order chi connectivity index (χ0) is 14.1. The van der Waals surface area contributed by atoms with Crippen molar-refractivity contribution in [1.82, 2.24) is 0 Å². The zero-order valence-corrected chi connectivity index (χ0v) is 10.9. The monoisotopic (exact) mass is 252 g/mol. The Balaban J connectivity index is 5.17. The lowest BCUT2D eigenvalue weighted by molar-refractivity contribution is 0.239. The molecular formula is C12H20N4O2. The number of nitrogens with zero attached hydrogens (tertiary/aromatic N) is 4. The predicted octanol–water partition coefficient (Wildman–Crippen LogP) is 1.55. The number of nitriles is 2. The van der Waals surface area contributed by atoms with Crippen molar-refractivity contribution < 1.29 is 10.2 Å². The Morgan fingerprint density at radius 2 is 1.22 bits per heavy atom. The van der Waals surface area contributed by atoms with E-state index in [4.69, 9.17) is 20.7 Å². The number of azo groups is 1. The largest absolute Gasteiger partial charge is 0.396 e. The zero-order valence-electron chi connectivity index (χ0n) is 10.9. The van der Waals surface area contributed by atoms with Gasteiger partial charge < -0.3 is 10.2 Å². The molecular weight excluding hydrogens is 232 g/mol. The molecule has 2 unspecified atom stereocenters. The molecule has 0 spiro atoms. The van der Waals surface area contributed by atoms with Gasteiger partial charge in [0.05, 0.1) is 12.1 Å². The summed E-state index contributed by atoms with van der Waals surface area (Å²) in [4.78, 5) is 0. The Labute approximate surface area is 108 Å². The third-order valence-corrected chi connectivity index (χ3v) is 3.07. The molecule has 0 aromatic carbocycles. The summed E-state index contributed by atoms with van der Waals surface area (Å²) in [5.41, 5.74) is -2.16. The van der Waals surface area contributed by atoms with E-state index < -0.39 is 11.1 Å². The third kappa shape index (κ3) is 4.06. The first-order valence-electron chi connectivity index (χ1n) is 6.06. The van der Waals surface area contributed by atoms with Crippen molar-refractivity contribution in [2.45, 2.75) is 50.6 Å². The molecule has 0 aliphatic heterocycles. The minimum atomic E-state index is -1.08. The minimum absolute atomic E-state index is 0.161. The van der Waals surface area contributed by atoms with Crippen LogP contribution >= 0.6 is 0 Å². The molecule has 2 N–H and O–H groups in total. The smallest absolute Gasteiger partial charge is 0.169 e. The Hall–Kier alpha value is -1.50. The second-order valence-electron chi connectivity index (χ2n) is 4.14. The predicted molar refractivity (Wildman–Crippen MR) is 65.5 cm³/mol. The van der Waals surface area contributed by atoms with Crippen molar-refractivity contribution in [3.05, 3.63) is 0 Å². The van der Waals surface area contributed by atoms with Crippen LogP contribution in [0.25, 0.3) is 0 Å². The van der Waals surface area contributed by atoms with E-state index >= 15 is 0 Å². The second kappa shape index (κ2) is 7.75. The van der Waals surface area contributed by atoms with Crippen molar-refractivity contribution in [2.75, 3.05) is 13.2 Å². The summed E-state index contributed by atoms with van der Waals surface area (Å²) in [6.45, 7) is 3.24. The van der Waals surface area contributed by atoms with E-state index in [2.05, 4.69) is 10.2 Å². The van der Waals surface area contributed by atoms with E-state index in [1.165, 1.54) is 0 Å². The van der Waals surface area contributed by atoms with Crippen molar-refractivity contribution in [3.8, 4) is 12.1 Å². The summed E-state index contributed by atoms with van der Waals surface area (Å²) < 4.78 is 0. The number of hydrogen-bond donors (Lipinski definition) is 2. The normalized spacial score (nSPS) is 17.7. The first kappa shape index (κ1) is 16.5. The van der Waals surface area contributed by atoms with Crippen LogP contribution in [0.15, 0.2) is 10.2 Å². The van der Waals surface area contributed by atoms with Gasteiger partial charge in [-0.3, -0.25) is 0 Å². The highest BCUT2D eigenvalue weighted by atomic mass is 16.3. The molecule has 18 heavy (non-hydrogen) atoms. The van der Waals surface area contributed by atoms with Gasteiger partial charge in [0.15, 0.2) is 11.1 Å². The SMILES string of the molecule is CCC(C#N)(CCO)N=NC(C#N)(CC)CCO. The number of rotatable bonds is 8. The number of aliphatic hydroxyl groups excluding tert-OH is 2. The van der Waals surface area contributed by atoms with Crippen LogP contribution in [0, 0.1) is 22.7 Å². The number of aliphatic hydroxyl groups is 2. The molecule has 0 aliphatic rings. The van der Waals surface area contributed by atoms with Gasteiger partial charge >= 0.3 is 0 Å². The van der Waals surface area contributed by atoms with Crippen LogP contribution in [0.3, 0.4) is 0 Å². The molecule has 6 nitrogen and oxygen atoms in total. The summed E-state index contributed by atoms with van der Waals surface area (Å²) >= 11 is 0. The summed E-state index contributed by atoms with van der Waals surface area (Å²) in [6, 6.07) is 4.07. The Bertz CT molecular complexity index is 324. The van der Waals surface area contributed by atoms with Crippen molar-refractivity contribution in [1.29, 1.82) is 10.5 Å². The van der Waals surface area contributed by atoms with Gasteiger partial charge in [-0.15, -0.1) is 0 Å². The van der Waals surface area contributed by atoms with E-state index in [1.807, 2.05) is 12.1 Å². The van der Waals surface area contributed by atoms with Gasteiger partial charge in [-0.25, -0.2) is 0 Å². The summed E-state index contributed by atoms with van der Waals surface area (Å²) in [5, 5.41) is 44.1. The maximum absolute atomic E-state index is 9.13. The third-order valence-electron chi connectivity index (χ3n) is 3.07. The van der Waals surface area contributed by atoms with E-state index in [0.29, 0.717) is 12.8 Å². The average molecular weight is 252 g/mol. The van der Waals surface area contributed by atoms with Gasteiger partial charge in [0, 0.05) is 26.1 Å². The van der Waals surface area contributed by atoms with Gasteiger partial charge in [-0.2, -0.15) is 20.8 Å². The molecule has 0 saturated heterocycles. The first-order chi connectivity index (χ1) is 8.57. The van der Waals surface area contributed by atoms with Crippen LogP contribution in [0.4, 0.5) is 0 Å². The molecule has 0 heterocycles. The first-order valence-corrected chi connectivity index (χ1v) is 6.06. The fraction of sp³-hybridized carbons (Fsp3) is 0.833. The van der Waals surface area contributed by atoms with Gasteiger partial charge in [0.25, 0.3) is 0 Å². The molecule has 0 aliphatic carbocycles. The molecule has 0 bridgehead atoms. The van der Waals surface area contributed by atoms with Crippen LogP contribution in [0.5, 0.6) is 0 Å². The van der Waals surface area contributed by atoms with Crippen molar-refractivity contribution in [3.63, 3.8) is 0 Å². The van der Waals surface area contributed by atoms with E-state index in [1.54, 1.807) is 13.8 Å².